The average Bonchev–Trinajstić information content (AvgIpc) is 2.43. The molecular formula is C12H21ClN4O2. The van der Waals surface area contributed by atoms with Crippen LogP contribution >= 0.6 is 11.6 Å². The summed E-state index contributed by atoms with van der Waals surface area (Å²) in [6, 6.07) is 0. The lowest BCUT2D eigenvalue weighted by Crippen LogP contribution is -2.31. The Labute approximate surface area is 118 Å². The maximum atomic E-state index is 9.06. The maximum Gasteiger partial charge on any atom is 0.227 e. The quantitative estimate of drug-likeness (QED) is 0.736. The first kappa shape index (κ1) is 15.9. The molecule has 0 atom stereocenters. The van der Waals surface area contributed by atoms with Gasteiger partial charge in [0, 0.05) is 26.2 Å². The van der Waals surface area contributed by atoms with Crippen LogP contribution in [0.15, 0.2) is 6.20 Å². The Bertz CT molecular complexity index is 392. The Morgan fingerprint density at radius 1 is 1.11 bits per heavy atom. The van der Waals surface area contributed by atoms with Crippen LogP contribution < -0.4 is 9.80 Å². The van der Waals surface area contributed by atoms with E-state index in [1.54, 1.807) is 6.20 Å². The third-order valence-electron chi connectivity index (χ3n) is 2.80. The van der Waals surface area contributed by atoms with E-state index >= 15 is 0 Å². The average molecular weight is 289 g/mol. The van der Waals surface area contributed by atoms with E-state index in [0.717, 1.165) is 0 Å². The van der Waals surface area contributed by atoms with Gasteiger partial charge in [-0.15, -0.1) is 0 Å². The van der Waals surface area contributed by atoms with E-state index in [1.165, 1.54) is 0 Å². The molecule has 0 spiro atoms. The summed E-state index contributed by atoms with van der Waals surface area (Å²) in [5.74, 6) is 1.15. The Morgan fingerprint density at radius 2 is 1.68 bits per heavy atom. The Morgan fingerprint density at radius 3 is 2.21 bits per heavy atom. The SMILES string of the molecule is CCN(CCO)c1ncc(Cl)c(N(CC)CCO)n1. The summed E-state index contributed by atoms with van der Waals surface area (Å²) >= 11 is 6.11. The molecule has 0 aliphatic rings. The van der Waals surface area contributed by atoms with Crippen LogP contribution in [0.3, 0.4) is 0 Å². The largest absolute Gasteiger partial charge is 0.395 e. The maximum absolute atomic E-state index is 9.06. The zero-order valence-corrected chi connectivity index (χ0v) is 12.1. The monoisotopic (exact) mass is 288 g/mol. The molecule has 0 saturated heterocycles. The van der Waals surface area contributed by atoms with Crippen molar-refractivity contribution < 1.29 is 10.2 Å². The molecule has 1 aromatic rings. The lowest BCUT2D eigenvalue weighted by Gasteiger charge is -2.25. The van der Waals surface area contributed by atoms with Crippen molar-refractivity contribution in [3.63, 3.8) is 0 Å². The standard InChI is InChI=1S/C12H21ClN4O2/c1-3-16(5-7-18)11-10(13)9-14-12(15-11)17(4-2)6-8-19/h9,18-19H,3-8H2,1-2H3. The topological polar surface area (TPSA) is 72.7 Å². The first-order valence-electron chi connectivity index (χ1n) is 6.42. The molecule has 0 radical (unpaired) electrons. The van der Waals surface area contributed by atoms with Gasteiger partial charge in [0.2, 0.25) is 5.95 Å². The number of hydrogen-bond acceptors (Lipinski definition) is 6. The molecular weight excluding hydrogens is 268 g/mol. The zero-order chi connectivity index (χ0) is 14.3. The van der Waals surface area contributed by atoms with Crippen LogP contribution in [0, 0.1) is 0 Å². The van der Waals surface area contributed by atoms with E-state index in [2.05, 4.69) is 9.97 Å². The fourth-order valence-corrected chi connectivity index (χ4v) is 1.99. The highest BCUT2D eigenvalue weighted by atomic mass is 35.5. The Kier molecular flexibility index (Phi) is 6.83. The molecule has 0 aliphatic heterocycles. The highest BCUT2D eigenvalue weighted by molar-refractivity contribution is 6.32. The third kappa shape index (κ3) is 4.19. The first-order valence-corrected chi connectivity index (χ1v) is 6.79. The smallest absolute Gasteiger partial charge is 0.227 e. The minimum Gasteiger partial charge on any atom is -0.395 e. The molecule has 0 aromatic carbocycles. The van der Waals surface area contributed by atoms with Gasteiger partial charge in [-0.3, -0.25) is 0 Å². The van der Waals surface area contributed by atoms with Gasteiger partial charge >= 0.3 is 0 Å². The molecule has 0 amide bonds. The number of rotatable bonds is 8. The number of anilines is 2. The van der Waals surface area contributed by atoms with Crippen molar-refractivity contribution in [1.29, 1.82) is 0 Å². The van der Waals surface area contributed by atoms with Gasteiger partial charge in [0.25, 0.3) is 0 Å². The Hall–Kier alpha value is -1.11. The van der Waals surface area contributed by atoms with Gasteiger partial charge < -0.3 is 20.0 Å². The predicted octanol–water partition coefficient (Wildman–Crippen LogP) is 0.767. The highest BCUT2D eigenvalue weighted by Crippen LogP contribution is 2.24. The van der Waals surface area contributed by atoms with Crippen molar-refractivity contribution >= 4 is 23.4 Å². The van der Waals surface area contributed by atoms with Gasteiger partial charge in [0.1, 0.15) is 5.02 Å². The van der Waals surface area contributed by atoms with Gasteiger partial charge in [-0.05, 0) is 13.8 Å². The number of aliphatic hydroxyl groups is 2. The molecule has 0 fully saturated rings. The predicted molar refractivity (Wildman–Crippen MR) is 77.0 cm³/mol. The van der Waals surface area contributed by atoms with Gasteiger partial charge in [-0.1, -0.05) is 11.6 Å². The van der Waals surface area contributed by atoms with Crippen LogP contribution in [0.4, 0.5) is 11.8 Å². The van der Waals surface area contributed by atoms with Crippen LogP contribution in [-0.4, -0.2) is 59.6 Å². The summed E-state index contributed by atoms with van der Waals surface area (Å²) in [6.07, 6.45) is 1.55. The summed E-state index contributed by atoms with van der Waals surface area (Å²) in [6.45, 7) is 6.37. The van der Waals surface area contributed by atoms with Crippen molar-refractivity contribution in [2.75, 3.05) is 49.2 Å². The molecule has 1 aromatic heterocycles. The molecule has 108 valence electrons. The lowest BCUT2D eigenvalue weighted by molar-refractivity contribution is 0.301. The van der Waals surface area contributed by atoms with E-state index in [0.29, 0.717) is 43.0 Å². The van der Waals surface area contributed by atoms with Crippen LogP contribution in [0.2, 0.25) is 5.02 Å². The van der Waals surface area contributed by atoms with Gasteiger partial charge in [0.05, 0.1) is 19.4 Å². The Balaban J connectivity index is 3.04. The fraction of sp³-hybridized carbons (Fsp3) is 0.667. The summed E-state index contributed by atoms with van der Waals surface area (Å²) < 4.78 is 0. The van der Waals surface area contributed by atoms with E-state index in [1.807, 2.05) is 23.6 Å². The van der Waals surface area contributed by atoms with Crippen LogP contribution in [0.1, 0.15) is 13.8 Å². The number of halogens is 1. The molecule has 1 rings (SSSR count). The number of nitrogens with zero attached hydrogens (tertiary/aromatic N) is 4. The van der Waals surface area contributed by atoms with Crippen molar-refractivity contribution in [2.45, 2.75) is 13.8 Å². The molecule has 0 saturated carbocycles. The van der Waals surface area contributed by atoms with E-state index in [4.69, 9.17) is 21.8 Å². The normalized spacial score (nSPS) is 10.6. The second-order valence-electron chi connectivity index (χ2n) is 3.95. The van der Waals surface area contributed by atoms with Crippen LogP contribution in [0.25, 0.3) is 0 Å². The van der Waals surface area contributed by atoms with E-state index in [-0.39, 0.29) is 13.2 Å². The molecule has 0 unspecified atom stereocenters. The molecule has 6 nitrogen and oxygen atoms in total. The zero-order valence-electron chi connectivity index (χ0n) is 11.4. The first-order chi connectivity index (χ1) is 9.17. The van der Waals surface area contributed by atoms with Gasteiger partial charge in [-0.2, -0.15) is 4.98 Å². The number of hydrogen-bond donors (Lipinski definition) is 2. The van der Waals surface area contributed by atoms with E-state index in [9.17, 15) is 0 Å². The second kappa shape index (κ2) is 8.14. The summed E-state index contributed by atoms with van der Waals surface area (Å²) in [7, 11) is 0. The number of aliphatic hydroxyl groups excluding tert-OH is 2. The minimum atomic E-state index is 0.0393. The summed E-state index contributed by atoms with van der Waals surface area (Å²) in [4.78, 5) is 12.4. The molecule has 7 heteroatoms. The summed E-state index contributed by atoms with van der Waals surface area (Å²) in [5, 5.41) is 18.5. The summed E-state index contributed by atoms with van der Waals surface area (Å²) in [5.41, 5.74) is 0. The lowest BCUT2D eigenvalue weighted by atomic mass is 10.4. The molecule has 1 heterocycles. The molecule has 2 N–H and O–H groups in total. The van der Waals surface area contributed by atoms with Crippen molar-refractivity contribution in [3.8, 4) is 0 Å². The third-order valence-corrected chi connectivity index (χ3v) is 3.07. The van der Waals surface area contributed by atoms with Crippen LogP contribution in [0.5, 0.6) is 0 Å². The fourth-order valence-electron chi connectivity index (χ4n) is 1.78. The van der Waals surface area contributed by atoms with Crippen molar-refractivity contribution in [1.82, 2.24) is 9.97 Å². The van der Waals surface area contributed by atoms with Crippen LogP contribution in [-0.2, 0) is 0 Å². The number of likely N-dealkylation sites (N-methyl/N-ethyl adjacent to an activating group) is 2. The molecule has 0 aliphatic carbocycles. The highest BCUT2D eigenvalue weighted by Gasteiger charge is 2.14. The van der Waals surface area contributed by atoms with Gasteiger partial charge in [0.15, 0.2) is 5.82 Å². The second-order valence-corrected chi connectivity index (χ2v) is 4.36. The number of aromatic nitrogens is 2. The minimum absolute atomic E-state index is 0.0393. The van der Waals surface area contributed by atoms with Gasteiger partial charge in [-0.25, -0.2) is 4.98 Å². The van der Waals surface area contributed by atoms with E-state index < -0.39 is 0 Å². The molecule has 0 bridgehead atoms. The molecule has 19 heavy (non-hydrogen) atoms. The van der Waals surface area contributed by atoms with Crippen molar-refractivity contribution in [2.24, 2.45) is 0 Å². The van der Waals surface area contributed by atoms with Crippen molar-refractivity contribution in [3.05, 3.63) is 11.2 Å².